The summed E-state index contributed by atoms with van der Waals surface area (Å²) >= 11 is 0. The smallest absolute Gasteiger partial charge is 0.245 e. The number of nitrogens with one attached hydrogen (secondary N) is 1. The van der Waals surface area contributed by atoms with Crippen LogP contribution in [-0.4, -0.2) is 38.8 Å². The molecule has 0 aliphatic carbocycles. The molecule has 0 aliphatic heterocycles. The highest BCUT2D eigenvalue weighted by atomic mass is 32.2. The van der Waals surface area contributed by atoms with Crippen LogP contribution < -0.4 is 11.1 Å². The molecule has 0 aliphatic rings. The maximum atomic E-state index is 12.4. The minimum Gasteiger partial charge on any atom is -0.398 e. The van der Waals surface area contributed by atoms with E-state index in [0.717, 1.165) is 9.87 Å². The first-order chi connectivity index (χ1) is 8.82. The Balaban J connectivity index is 3.17. The molecule has 0 atom stereocenters. The van der Waals surface area contributed by atoms with Crippen molar-refractivity contribution in [3.63, 3.8) is 0 Å². The van der Waals surface area contributed by atoms with Gasteiger partial charge in [-0.2, -0.15) is 4.31 Å². The summed E-state index contributed by atoms with van der Waals surface area (Å²) in [6.07, 6.45) is 0. The van der Waals surface area contributed by atoms with Gasteiger partial charge in [-0.05, 0) is 24.6 Å². The van der Waals surface area contributed by atoms with Crippen LogP contribution in [0.15, 0.2) is 23.1 Å². The number of nitrogen functional groups attached to an aromatic ring is 1. The van der Waals surface area contributed by atoms with E-state index in [1.807, 2.05) is 6.92 Å². The molecule has 7 heteroatoms. The molecule has 0 saturated carbocycles. The van der Waals surface area contributed by atoms with Crippen molar-refractivity contribution in [2.45, 2.75) is 18.7 Å². The van der Waals surface area contributed by atoms with Gasteiger partial charge in [-0.3, -0.25) is 4.79 Å². The normalized spacial score (nSPS) is 11.6. The van der Waals surface area contributed by atoms with E-state index in [0.29, 0.717) is 0 Å². The molecule has 0 spiro atoms. The van der Waals surface area contributed by atoms with Crippen LogP contribution in [0.5, 0.6) is 0 Å². The molecular weight excluding hydrogens is 266 g/mol. The van der Waals surface area contributed by atoms with Crippen LogP contribution >= 0.6 is 0 Å². The van der Waals surface area contributed by atoms with E-state index >= 15 is 0 Å². The average molecular weight is 285 g/mol. The van der Waals surface area contributed by atoms with Crippen molar-refractivity contribution < 1.29 is 13.2 Å². The Morgan fingerprint density at radius 1 is 1.42 bits per heavy atom. The van der Waals surface area contributed by atoms with Crippen molar-refractivity contribution in [1.29, 1.82) is 0 Å². The molecule has 1 aromatic rings. The number of amides is 1. The summed E-state index contributed by atoms with van der Waals surface area (Å²) in [4.78, 5) is 11.4. The SMILES string of the molecule is CCN(CC(=O)NC)S(=O)(=O)c1ccc(C)cc1N. The second-order valence-electron chi connectivity index (χ2n) is 4.15. The summed E-state index contributed by atoms with van der Waals surface area (Å²) < 4.78 is 25.9. The van der Waals surface area contributed by atoms with E-state index in [-0.39, 0.29) is 29.6 Å². The molecule has 0 heterocycles. The van der Waals surface area contributed by atoms with E-state index in [9.17, 15) is 13.2 Å². The maximum Gasteiger partial charge on any atom is 0.245 e. The fourth-order valence-electron chi connectivity index (χ4n) is 1.65. The minimum absolute atomic E-state index is 0.0313. The lowest BCUT2D eigenvalue weighted by molar-refractivity contribution is -0.120. The van der Waals surface area contributed by atoms with E-state index in [4.69, 9.17) is 5.73 Å². The Labute approximate surface area is 113 Å². The van der Waals surface area contributed by atoms with Crippen LogP contribution in [0.3, 0.4) is 0 Å². The maximum absolute atomic E-state index is 12.4. The second kappa shape index (κ2) is 6.03. The number of anilines is 1. The molecule has 1 amide bonds. The third-order valence-electron chi connectivity index (χ3n) is 2.73. The first-order valence-electron chi connectivity index (χ1n) is 5.89. The number of benzene rings is 1. The molecule has 0 aromatic heterocycles. The first-order valence-corrected chi connectivity index (χ1v) is 7.33. The third kappa shape index (κ3) is 3.45. The molecule has 6 nitrogen and oxygen atoms in total. The minimum atomic E-state index is -3.76. The Morgan fingerprint density at radius 2 is 2.05 bits per heavy atom. The first kappa shape index (κ1) is 15.5. The zero-order chi connectivity index (χ0) is 14.6. The van der Waals surface area contributed by atoms with Crippen molar-refractivity contribution in [1.82, 2.24) is 9.62 Å². The molecule has 0 saturated heterocycles. The lowest BCUT2D eigenvalue weighted by Gasteiger charge is -2.20. The number of aryl methyl sites for hydroxylation is 1. The summed E-state index contributed by atoms with van der Waals surface area (Å²) in [6.45, 7) is 3.48. The number of hydrogen-bond acceptors (Lipinski definition) is 4. The average Bonchev–Trinajstić information content (AvgIpc) is 2.34. The highest BCUT2D eigenvalue weighted by Crippen LogP contribution is 2.23. The van der Waals surface area contributed by atoms with Gasteiger partial charge in [0.2, 0.25) is 15.9 Å². The quantitative estimate of drug-likeness (QED) is 0.763. The molecule has 0 radical (unpaired) electrons. The summed E-state index contributed by atoms with van der Waals surface area (Å²) in [5.74, 6) is -0.365. The molecule has 19 heavy (non-hydrogen) atoms. The Kier molecular flexibility index (Phi) is 4.90. The molecule has 1 rings (SSSR count). The van der Waals surface area contributed by atoms with Crippen LogP contribution in [0.25, 0.3) is 0 Å². The summed E-state index contributed by atoms with van der Waals surface area (Å²) in [6, 6.07) is 4.74. The molecule has 0 fully saturated rings. The van der Waals surface area contributed by atoms with Gasteiger partial charge in [0, 0.05) is 13.6 Å². The zero-order valence-corrected chi connectivity index (χ0v) is 12.1. The predicted octanol–water partition coefficient (Wildman–Crippen LogP) is 0.334. The monoisotopic (exact) mass is 285 g/mol. The number of likely N-dealkylation sites (N-methyl/N-ethyl adjacent to an activating group) is 2. The Bertz CT molecular complexity index is 570. The van der Waals surface area contributed by atoms with Crippen molar-refractivity contribution in [3.8, 4) is 0 Å². The van der Waals surface area contributed by atoms with Crippen molar-refractivity contribution in [2.75, 3.05) is 25.9 Å². The van der Waals surface area contributed by atoms with Crippen molar-refractivity contribution in [2.24, 2.45) is 0 Å². The topological polar surface area (TPSA) is 92.5 Å². The third-order valence-corrected chi connectivity index (χ3v) is 4.73. The predicted molar refractivity (Wildman–Crippen MR) is 74.1 cm³/mol. The van der Waals surface area contributed by atoms with Crippen LogP contribution in [0.4, 0.5) is 5.69 Å². The lowest BCUT2D eigenvalue weighted by atomic mass is 10.2. The lowest BCUT2D eigenvalue weighted by Crippen LogP contribution is -2.39. The van der Waals surface area contributed by atoms with Gasteiger partial charge in [0.1, 0.15) is 4.90 Å². The van der Waals surface area contributed by atoms with Gasteiger partial charge in [-0.25, -0.2) is 8.42 Å². The standard InChI is InChI=1S/C12H19N3O3S/c1-4-15(8-12(16)14-3)19(17,18)11-6-5-9(2)7-10(11)13/h5-7H,4,8,13H2,1-3H3,(H,14,16). The summed E-state index contributed by atoms with van der Waals surface area (Å²) in [7, 11) is -2.29. The Morgan fingerprint density at radius 3 is 2.53 bits per heavy atom. The number of hydrogen-bond donors (Lipinski definition) is 2. The number of nitrogens with two attached hydrogens (primary N) is 1. The van der Waals surface area contributed by atoms with Crippen LogP contribution in [0.1, 0.15) is 12.5 Å². The molecule has 0 bridgehead atoms. The van der Waals surface area contributed by atoms with E-state index in [1.165, 1.54) is 13.1 Å². The zero-order valence-electron chi connectivity index (χ0n) is 11.3. The number of nitrogens with zero attached hydrogens (tertiary/aromatic N) is 1. The number of rotatable bonds is 5. The van der Waals surface area contributed by atoms with Crippen LogP contribution in [0, 0.1) is 6.92 Å². The highest BCUT2D eigenvalue weighted by Gasteiger charge is 2.26. The largest absolute Gasteiger partial charge is 0.398 e. The highest BCUT2D eigenvalue weighted by molar-refractivity contribution is 7.89. The van der Waals surface area contributed by atoms with Gasteiger partial charge in [0.15, 0.2) is 0 Å². The molecule has 1 aromatic carbocycles. The number of carbonyl (C=O) groups excluding carboxylic acids is 1. The van der Waals surface area contributed by atoms with Gasteiger partial charge in [-0.1, -0.05) is 13.0 Å². The van der Waals surface area contributed by atoms with Gasteiger partial charge in [0.05, 0.1) is 12.2 Å². The Hall–Kier alpha value is -1.60. The molecule has 106 valence electrons. The molecular formula is C12H19N3O3S. The van der Waals surface area contributed by atoms with E-state index < -0.39 is 10.0 Å². The fraction of sp³-hybridized carbons (Fsp3) is 0.417. The van der Waals surface area contributed by atoms with Crippen LogP contribution in [0.2, 0.25) is 0 Å². The van der Waals surface area contributed by atoms with E-state index in [1.54, 1.807) is 19.1 Å². The van der Waals surface area contributed by atoms with Gasteiger partial charge in [0.25, 0.3) is 0 Å². The second-order valence-corrected chi connectivity index (χ2v) is 6.05. The number of carbonyl (C=O) groups is 1. The van der Waals surface area contributed by atoms with E-state index in [2.05, 4.69) is 5.32 Å². The van der Waals surface area contributed by atoms with Gasteiger partial charge >= 0.3 is 0 Å². The summed E-state index contributed by atoms with van der Waals surface area (Å²) in [5.41, 5.74) is 6.83. The van der Waals surface area contributed by atoms with Crippen molar-refractivity contribution >= 4 is 21.6 Å². The van der Waals surface area contributed by atoms with Gasteiger partial charge in [-0.15, -0.1) is 0 Å². The summed E-state index contributed by atoms with van der Waals surface area (Å²) in [5, 5.41) is 2.40. The van der Waals surface area contributed by atoms with Crippen molar-refractivity contribution in [3.05, 3.63) is 23.8 Å². The molecule has 3 N–H and O–H groups in total. The van der Waals surface area contributed by atoms with Crippen LogP contribution in [-0.2, 0) is 14.8 Å². The fourth-order valence-corrected chi connectivity index (χ4v) is 3.15. The van der Waals surface area contributed by atoms with Gasteiger partial charge < -0.3 is 11.1 Å². The number of sulfonamides is 1. The molecule has 0 unspecified atom stereocenters.